The molecule has 0 unspecified atom stereocenters. The van der Waals surface area contributed by atoms with Crippen LogP contribution in [0.4, 0.5) is 0 Å². The molecule has 0 amide bonds. The Morgan fingerprint density at radius 1 is 1.18 bits per heavy atom. The molecule has 1 aromatic rings. The summed E-state index contributed by atoms with van der Waals surface area (Å²) in [6, 6.07) is 7.03. The number of esters is 2. The molecule has 22 heavy (non-hydrogen) atoms. The Kier molecular flexibility index (Phi) is 4.96. The van der Waals surface area contributed by atoms with Gasteiger partial charge in [0.25, 0.3) is 0 Å². The second-order valence-electron chi connectivity index (χ2n) is 5.46. The lowest BCUT2D eigenvalue weighted by atomic mass is 9.83. The Bertz CT molecular complexity index is 580. The molecule has 1 aromatic carbocycles. The lowest BCUT2D eigenvalue weighted by molar-refractivity contribution is -0.169. The average molecular weight is 304 g/mol. The third kappa shape index (κ3) is 3.35. The van der Waals surface area contributed by atoms with Crippen LogP contribution in [0.3, 0.4) is 0 Å². The lowest BCUT2D eigenvalue weighted by Gasteiger charge is -2.33. The summed E-state index contributed by atoms with van der Waals surface area (Å²) in [7, 11) is 0. The van der Waals surface area contributed by atoms with Crippen LogP contribution in [0.1, 0.15) is 48.5 Å². The minimum absolute atomic E-state index is 0.0758. The second-order valence-corrected chi connectivity index (χ2v) is 5.46. The summed E-state index contributed by atoms with van der Waals surface area (Å²) in [4.78, 5) is 36.1. The van der Waals surface area contributed by atoms with Gasteiger partial charge in [-0.3, -0.25) is 4.79 Å². The van der Waals surface area contributed by atoms with E-state index in [1.807, 2.05) is 6.07 Å². The summed E-state index contributed by atoms with van der Waals surface area (Å²) in [5, 5.41) is 0. The fraction of sp³-hybridized carbons (Fsp3) is 0.471. The Morgan fingerprint density at radius 3 is 2.41 bits per heavy atom. The molecule has 0 bridgehead atoms. The van der Waals surface area contributed by atoms with Gasteiger partial charge in [0.05, 0.1) is 12.2 Å². The maximum absolute atomic E-state index is 12.4. The molecule has 0 saturated heterocycles. The van der Waals surface area contributed by atoms with Crippen molar-refractivity contribution >= 4 is 17.7 Å². The van der Waals surface area contributed by atoms with Gasteiger partial charge in [-0.2, -0.15) is 0 Å². The number of hydrogen-bond donors (Lipinski definition) is 0. The van der Waals surface area contributed by atoms with Crippen LogP contribution in [0.2, 0.25) is 0 Å². The SMILES string of the molecule is CCOC(=O)C1(OC(=O)c2ccccc2C)CCC(=O)CC1. The van der Waals surface area contributed by atoms with Crippen LogP contribution in [-0.2, 0) is 19.1 Å². The number of rotatable bonds is 4. The van der Waals surface area contributed by atoms with E-state index >= 15 is 0 Å². The van der Waals surface area contributed by atoms with Crippen molar-refractivity contribution in [3.05, 3.63) is 35.4 Å². The number of ketones is 1. The molecule has 0 aliphatic heterocycles. The first-order valence-corrected chi connectivity index (χ1v) is 7.46. The maximum Gasteiger partial charge on any atom is 0.350 e. The van der Waals surface area contributed by atoms with Crippen LogP contribution < -0.4 is 0 Å². The van der Waals surface area contributed by atoms with Crippen LogP contribution in [0.25, 0.3) is 0 Å². The molecule has 0 aromatic heterocycles. The summed E-state index contributed by atoms with van der Waals surface area (Å²) >= 11 is 0. The third-order valence-corrected chi connectivity index (χ3v) is 3.92. The van der Waals surface area contributed by atoms with Crippen LogP contribution in [-0.4, -0.2) is 29.9 Å². The molecular formula is C17H20O5. The van der Waals surface area contributed by atoms with Crippen LogP contribution in [0.15, 0.2) is 24.3 Å². The molecule has 5 nitrogen and oxygen atoms in total. The molecule has 1 saturated carbocycles. The van der Waals surface area contributed by atoms with E-state index in [4.69, 9.17) is 9.47 Å². The third-order valence-electron chi connectivity index (χ3n) is 3.92. The first-order chi connectivity index (χ1) is 10.5. The van der Waals surface area contributed by atoms with Crippen molar-refractivity contribution in [1.29, 1.82) is 0 Å². The van der Waals surface area contributed by atoms with Crippen molar-refractivity contribution in [2.45, 2.75) is 45.1 Å². The molecule has 2 rings (SSSR count). The number of carbonyl (C=O) groups excluding carboxylic acids is 3. The monoisotopic (exact) mass is 304 g/mol. The Morgan fingerprint density at radius 2 is 1.82 bits per heavy atom. The highest BCUT2D eigenvalue weighted by Gasteiger charge is 2.46. The van der Waals surface area contributed by atoms with Crippen LogP contribution in [0, 0.1) is 6.92 Å². The average Bonchev–Trinajstić information content (AvgIpc) is 2.50. The van der Waals surface area contributed by atoms with Gasteiger partial charge < -0.3 is 9.47 Å². The van der Waals surface area contributed by atoms with Crippen molar-refractivity contribution < 1.29 is 23.9 Å². The smallest absolute Gasteiger partial charge is 0.350 e. The molecular weight excluding hydrogens is 284 g/mol. The van der Waals surface area contributed by atoms with E-state index in [1.54, 1.807) is 32.0 Å². The quantitative estimate of drug-likeness (QED) is 0.800. The molecule has 0 atom stereocenters. The van der Waals surface area contributed by atoms with Gasteiger partial charge in [0.15, 0.2) is 0 Å². The van der Waals surface area contributed by atoms with Gasteiger partial charge >= 0.3 is 11.9 Å². The van der Waals surface area contributed by atoms with Crippen molar-refractivity contribution in [3.63, 3.8) is 0 Å². The predicted molar refractivity (Wildman–Crippen MR) is 79.4 cm³/mol. The molecule has 0 N–H and O–H groups in total. The van der Waals surface area contributed by atoms with Gasteiger partial charge in [-0.05, 0) is 25.5 Å². The van der Waals surface area contributed by atoms with Crippen molar-refractivity contribution in [1.82, 2.24) is 0 Å². The zero-order chi connectivity index (χ0) is 16.2. The van der Waals surface area contributed by atoms with Crippen LogP contribution >= 0.6 is 0 Å². The van der Waals surface area contributed by atoms with E-state index in [0.717, 1.165) is 5.56 Å². The van der Waals surface area contributed by atoms with Crippen molar-refractivity contribution in [3.8, 4) is 0 Å². The fourth-order valence-electron chi connectivity index (χ4n) is 2.58. The summed E-state index contributed by atoms with van der Waals surface area (Å²) in [6.45, 7) is 3.71. The normalized spacial score (nSPS) is 16.9. The minimum atomic E-state index is -1.34. The molecule has 118 valence electrons. The largest absolute Gasteiger partial charge is 0.463 e. The zero-order valence-corrected chi connectivity index (χ0v) is 12.9. The summed E-state index contributed by atoms with van der Waals surface area (Å²) in [5.74, 6) is -1.04. The first-order valence-electron chi connectivity index (χ1n) is 7.46. The predicted octanol–water partition coefficient (Wildman–Crippen LogP) is 2.60. The Labute approximate surface area is 129 Å². The number of hydrogen-bond acceptors (Lipinski definition) is 5. The minimum Gasteiger partial charge on any atom is -0.463 e. The van der Waals surface area contributed by atoms with Crippen LogP contribution in [0.5, 0.6) is 0 Å². The number of Topliss-reactive ketones (excluding diaryl/α,β-unsaturated/α-hetero) is 1. The van der Waals surface area contributed by atoms with E-state index in [1.165, 1.54) is 0 Å². The van der Waals surface area contributed by atoms with Crippen molar-refractivity contribution in [2.75, 3.05) is 6.61 Å². The highest BCUT2D eigenvalue weighted by atomic mass is 16.6. The number of ether oxygens (including phenoxy) is 2. The molecule has 1 aliphatic rings. The molecule has 0 spiro atoms. The summed E-state index contributed by atoms with van der Waals surface area (Å²) in [6.07, 6.45) is 0.810. The maximum atomic E-state index is 12.4. The number of aryl methyl sites for hydroxylation is 1. The summed E-state index contributed by atoms with van der Waals surface area (Å²) < 4.78 is 10.6. The van der Waals surface area contributed by atoms with Gasteiger partial charge in [-0.25, -0.2) is 9.59 Å². The number of carbonyl (C=O) groups is 3. The Balaban J connectivity index is 2.23. The first kappa shape index (κ1) is 16.2. The standard InChI is InChI=1S/C17H20O5/c1-3-21-16(20)17(10-8-13(18)9-11-17)22-15(19)14-7-5-4-6-12(14)2/h4-7H,3,8-11H2,1-2H3. The van der Waals surface area contributed by atoms with E-state index in [-0.39, 0.29) is 38.1 Å². The fourth-order valence-corrected chi connectivity index (χ4v) is 2.58. The van der Waals surface area contributed by atoms with E-state index < -0.39 is 17.5 Å². The van der Waals surface area contributed by atoms with Crippen molar-refractivity contribution in [2.24, 2.45) is 0 Å². The second kappa shape index (κ2) is 6.73. The van der Waals surface area contributed by atoms with Gasteiger partial charge in [0.2, 0.25) is 5.60 Å². The van der Waals surface area contributed by atoms with Gasteiger partial charge in [-0.15, -0.1) is 0 Å². The van der Waals surface area contributed by atoms with Gasteiger partial charge in [0, 0.05) is 25.7 Å². The van der Waals surface area contributed by atoms with E-state index in [9.17, 15) is 14.4 Å². The number of benzene rings is 1. The molecule has 1 fully saturated rings. The molecule has 0 radical (unpaired) electrons. The van der Waals surface area contributed by atoms with E-state index in [0.29, 0.717) is 5.56 Å². The van der Waals surface area contributed by atoms with E-state index in [2.05, 4.69) is 0 Å². The lowest BCUT2D eigenvalue weighted by Crippen LogP contribution is -2.47. The molecule has 0 heterocycles. The van der Waals surface area contributed by atoms with Gasteiger partial charge in [-0.1, -0.05) is 18.2 Å². The summed E-state index contributed by atoms with van der Waals surface area (Å²) in [5.41, 5.74) is -0.148. The zero-order valence-electron chi connectivity index (χ0n) is 12.9. The highest BCUT2D eigenvalue weighted by molar-refractivity contribution is 5.95. The molecule has 1 aliphatic carbocycles. The highest BCUT2D eigenvalue weighted by Crippen LogP contribution is 2.32. The molecule has 5 heteroatoms. The van der Waals surface area contributed by atoms with Gasteiger partial charge in [0.1, 0.15) is 5.78 Å². The Hall–Kier alpha value is -2.17. The topological polar surface area (TPSA) is 69.7 Å².